The van der Waals surface area contributed by atoms with Crippen molar-refractivity contribution < 1.29 is 4.74 Å². The molecule has 0 saturated heterocycles. The molecule has 0 aliphatic carbocycles. The lowest BCUT2D eigenvalue weighted by atomic mass is 10.2. The number of hydrogen-bond donors (Lipinski definition) is 1. The van der Waals surface area contributed by atoms with Crippen LogP contribution < -0.4 is 10.1 Å². The van der Waals surface area contributed by atoms with Crippen molar-refractivity contribution in [2.45, 2.75) is 0 Å². The Morgan fingerprint density at radius 3 is 2.89 bits per heavy atom. The SMILES string of the molecule is COc1ccc(Br)cc1Nc1cccnc1C#N. The number of methoxy groups -OCH3 is 1. The maximum Gasteiger partial charge on any atom is 0.163 e. The third-order valence-corrected chi connectivity index (χ3v) is 2.84. The van der Waals surface area contributed by atoms with Crippen molar-refractivity contribution >= 4 is 27.3 Å². The summed E-state index contributed by atoms with van der Waals surface area (Å²) in [6, 6.07) is 11.2. The highest BCUT2D eigenvalue weighted by Gasteiger charge is 2.07. The highest BCUT2D eigenvalue weighted by Crippen LogP contribution is 2.31. The molecule has 1 N–H and O–H groups in total. The Balaban J connectivity index is 2.40. The van der Waals surface area contributed by atoms with Gasteiger partial charge < -0.3 is 10.1 Å². The molecule has 0 radical (unpaired) electrons. The number of anilines is 2. The zero-order valence-electron chi connectivity index (χ0n) is 9.64. The Morgan fingerprint density at radius 1 is 1.33 bits per heavy atom. The van der Waals surface area contributed by atoms with E-state index >= 15 is 0 Å². The van der Waals surface area contributed by atoms with E-state index < -0.39 is 0 Å². The first kappa shape index (κ1) is 12.4. The van der Waals surface area contributed by atoms with E-state index in [2.05, 4.69) is 26.2 Å². The first-order chi connectivity index (χ1) is 8.74. The fraction of sp³-hybridized carbons (Fsp3) is 0.0769. The van der Waals surface area contributed by atoms with Gasteiger partial charge in [0, 0.05) is 10.7 Å². The molecule has 1 aromatic carbocycles. The molecule has 0 saturated carbocycles. The summed E-state index contributed by atoms with van der Waals surface area (Å²) in [4.78, 5) is 4.00. The maximum atomic E-state index is 8.98. The quantitative estimate of drug-likeness (QED) is 0.943. The van der Waals surface area contributed by atoms with Crippen LogP contribution in [0.4, 0.5) is 11.4 Å². The molecular weight excluding hydrogens is 294 g/mol. The third kappa shape index (κ3) is 2.60. The van der Waals surface area contributed by atoms with Crippen LogP contribution in [-0.4, -0.2) is 12.1 Å². The van der Waals surface area contributed by atoms with Gasteiger partial charge in [-0.1, -0.05) is 15.9 Å². The molecule has 0 unspecified atom stereocenters. The zero-order valence-corrected chi connectivity index (χ0v) is 11.2. The lowest BCUT2D eigenvalue weighted by molar-refractivity contribution is 0.417. The first-order valence-electron chi connectivity index (χ1n) is 5.20. The standard InChI is InChI=1S/C13H10BrN3O/c1-18-13-5-4-9(14)7-11(13)17-10-3-2-6-16-12(10)8-15/h2-7,17H,1H3. The van der Waals surface area contributed by atoms with Crippen LogP contribution >= 0.6 is 15.9 Å². The Labute approximate surface area is 113 Å². The summed E-state index contributed by atoms with van der Waals surface area (Å²) in [5.74, 6) is 0.700. The molecule has 1 aromatic heterocycles. The van der Waals surface area contributed by atoms with Crippen LogP contribution in [-0.2, 0) is 0 Å². The Bertz CT molecular complexity index is 607. The summed E-state index contributed by atoms with van der Waals surface area (Å²) in [7, 11) is 1.60. The van der Waals surface area contributed by atoms with Gasteiger partial charge in [0.15, 0.2) is 5.69 Å². The number of hydrogen-bond acceptors (Lipinski definition) is 4. The first-order valence-corrected chi connectivity index (χ1v) is 5.99. The molecule has 1 heterocycles. The van der Waals surface area contributed by atoms with Crippen molar-refractivity contribution in [1.82, 2.24) is 4.98 Å². The van der Waals surface area contributed by atoms with E-state index in [1.54, 1.807) is 25.4 Å². The Hall–Kier alpha value is -2.06. The Morgan fingerprint density at radius 2 is 2.17 bits per heavy atom. The lowest BCUT2D eigenvalue weighted by Gasteiger charge is -2.12. The summed E-state index contributed by atoms with van der Waals surface area (Å²) in [5, 5.41) is 12.1. The summed E-state index contributed by atoms with van der Waals surface area (Å²) in [6.45, 7) is 0. The number of nitrogens with zero attached hydrogens (tertiary/aromatic N) is 2. The highest BCUT2D eigenvalue weighted by atomic mass is 79.9. The third-order valence-electron chi connectivity index (χ3n) is 2.34. The second kappa shape index (κ2) is 5.52. The summed E-state index contributed by atoms with van der Waals surface area (Å²) in [5.41, 5.74) is 1.77. The molecule has 0 amide bonds. The molecule has 2 aromatic rings. The minimum absolute atomic E-state index is 0.347. The van der Waals surface area contributed by atoms with Gasteiger partial charge in [-0.05, 0) is 30.3 Å². The fourth-order valence-electron chi connectivity index (χ4n) is 1.52. The predicted molar refractivity (Wildman–Crippen MR) is 72.9 cm³/mol. The van der Waals surface area contributed by atoms with Crippen molar-refractivity contribution in [1.29, 1.82) is 5.26 Å². The molecule has 0 spiro atoms. The van der Waals surface area contributed by atoms with Gasteiger partial charge >= 0.3 is 0 Å². The molecule has 0 aliphatic heterocycles. The average molecular weight is 304 g/mol. The zero-order chi connectivity index (χ0) is 13.0. The van der Waals surface area contributed by atoms with Crippen LogP contribution in [0.3, 0.4) is 0 Å². The monoisotopic (exact) mass is 303 g/mol. The lowest BCUT2D eigenvalue weighted by Crippen LogP contribution is -1.98. The minimum Gasteiger partial charge on any atom is -0.495 e. The summed E-state index contributed by atoms with van der Waals surface area (Å²) in [6.07, 6.45) is 1.59. The van der Waals surface area contributed by atoms with E-state index in [4.69, 9.17) is 10.00 Å². The number of benzene rings is 1. The highest BCUT2D eigenvalue weighted by molar-refractivity contribution is 9.10. The van der Waals surface area contributed by atoms with Gasteiger partial charge in [0.1, 0.15) is 11.8 Å². The minimum atomic E-state index is 0.347. The van der Waals surface area contributed by atoms with Crippen molar-refractivity contribution in [3.8, 4) is 11.8 Å². The van der Waals surface area contributed by atoms with Gasteiger partial charge in [-0.2, -0.15) is 5.26 Å². The molecule has 0 atom stereocenters. The molecule has 0 fully saturated rings. The average Bonchev–Trinajstić information content (AvgIpc) is 2.40. The molecule has 0 aliphatic rings. The number of aromatic nitrogens is 1. The van der Waals surface area contributed by atoms with Crippen LogP contribution in [0.5, 0.6) is 5.75 Å². The van der Waals surface area contributed by atoms with Gasteiger partial charge in [-0.15, -0.1) is 0 Å². The van der Waals surface area contributed by atoms with Gasteiger partial charge in [0.25, 0.3) is 0 Å². The molecule has 18 heavy (non-hydrogen) atoms. The number of rotatable bonds is 3. The van der Waals surface area contributed by atoms with Crippen molar-refractivity contribution in [3.63, 3.8) is 0 Å². The fourth-order valence-corrected chi connectivity index (χ4v) is 1.88. The molecule has 0 bridgehead atoms. The van der Waals surface area contributed by atoms with Crippen LogP contribution in [0.25, 0.3) is 0 Å². The van der Waals surface area contributed by atoms with Crippen LogP contribution in [0, 0.1) is 11.3 Å². The van der Waals surface area contributed by atoms with Gasteiger partial charge in [-0.25, -0.2) is 4.98 Å². The summed E-state index contributed by atoms with van der Waals surface area (Å²) < 4.78 is 6.18. The molecule has 4 nitrogen and oxygen atoms in total. The van der Waals surface area contributed by atoms with E-state index in [1.165, 1.54) is 0 Å². The van der Waals surface area contributed by atoms with Gasteiger partial charge in [0.2, 0.25) is 0 Å². The van der Waals surface area contributed by atoms with E-state index in [0.29, 0.717) is 17.1 Å². The topological polar surface area (TPSA) is 57.9 Å². The number of nitriles is 1. The van der Waals surface area contributed by atoms with E-state index in [9.17, 15) is 0 Å². The predicted octanol–water partition coefficient (Wildman–Crippen LogP) is 3.47. The van der Waals surface area contributed by atoms with E-state index in [0.717, 1.165) is 10.2 Å². The molecule has 5 heteroatoms. The maximum absolute atomic E-state index is 8.98. The second-order valence-electron chi connectivity index (χ2n) is 3.48. The number of halogens is 1. The van der Waals surface area contributed by atoms with Crippen LogP contribution in [0.1, 0.15) is 5.69 Å². The number of pyridine rings is 1. The van der Waals surface area contributed by atoms with Gasteiger partial charge in [0.05, 0.1) is 18.5 Å². The normalized spacial score (nSPS) is 9.61. The number of ether oxygens (including phenoxy) is 1. The van der Waals surface area contributed by atoms with Crippen LogP contribution in [0.15, 0.2) is 41.0 Å². The van der Waals surface area contributed by atoms with Crippen molar-refractivity contribution in [2.24, 2.45) is 0 Å². The largest absolute Gasteiger partial charge is 0.495 e. The van der Waals surface area contributed by atoms with E-state index in [1.807, 2.05) is 24.3 Å². The van der Waals surface area contributed by atoms with Crippen LogP contribution in [0.2, 0.25) is 0 Å². The second-order valence-corrected chi connectivity index (χ2v) is 4.40. The molecular formula is C13H10BrN3O. The molecule has 90 valence electrons. The Kier molecular flexibility index (Phi) is 3.80. The van der Waals surface area contributed by atoms with Gasteiger partial charge in [-0.3, -0.25) is 0 Å². The van der Waals surface area contributed by atoms with Crippen molar-refractivity contribution in [3.05, 3.63) is 46.7 Å². The molecule has 2 rings (SSSR count). The smallest absolute Gasteiger partial charge is 0.163 e. The number of nitrogens with one attached hydrogen (secondary N) is 1. The van der Waals surface area contributed by atoms with E-state index in [-0.39, 0.29) is 0 Å². The van der Waals surface area contributed by atoms with Crippen molar-refractivity contribution in [2.75, 3.05) is 12.4 Å². The summed E-state index contributed by atoms with van der Waals surface area (Å²) >= 11 is 3.40.